The van der Waals surface area contributed by atoms with Crippen LogP contribution in [-0.4, -0.2) is 25.5 Å². The molecule has 0 bridgehead atoms. The van der Waals surface area contributed by atoms with Crippen molar-refractivity contribution in [2.24, 2.45) is 11.7 Å². The Morgan fingerprint density at radius 3 is 2.29 bits per heavy atom. The van der Waals surface area contributed by atoms with Crippen LogP contribution in [0.25, 0.3) is 0 Å². The lowest BCUT2D eigenvalue weighted by Crippen LogP contribution is -2.32. The zero-order valence-corrected chi connectivity index (χ0v) is 11.8. The molecule has 0 saturated carbocycles. The summed E-state index contributed by atoms with van der Waals surface area (Å²) in [5, 5.41) is 0. The minimum absolute atomic E-state index is 0.422. The molecule has 1 aromatic rings. The second kappa shape index (κ2) is 6.18. The highest BCUT2D eigenvalue weighted by atomic mass is 15.1. The third-order valence-corrected chi connectivity index (χ3v) is 3.57. The van der Waals surface area contributed by atoms with E-state index in [2.05, 4.69) is 58.0 Å². The molecule has 0 amide bonds. The Morgan fingerprint density at radius 1 is 1.24 bits per heavy atom. The lowest BCUT2D eigenvalue weighted by atomic mass is 9.87. The van der Waals surface area contributed by atoms with E-state index in [-0.39, 0.29) is 0 Å². The zero-order valence-electron chi connectivity index (χ0n) is 11.8. The summed E-state index contributed by atoms with van der Waals surface area (Å²) in [6.45, 7) is 7.30. The van der Waals surface area contributed by atoms with Crippen LogP contribution in [0.2, 0.25) is 0 Å². The number of rotatable bonds is 5. The van der Waals surface area contributed by atoms with Gasteiger partial charge in [-0.25, -0.2) is 0 Å². The molecule has 1 rings (SSSR count). The molecule has 1 aromatic carbocycles. The molecule has 96 valence electrons. The Hall–Kier alpha value is -0.860. The smallest absolute Gasteiger partial charge is 0.0384 e. The van der Waals surface area contributed by atoms with Crippen molar-refractivity contribution in [1.29, 1.82) is 0 Å². The first-order valence-electron chi connectivity index (χ1n) is 6.44. The van der Waals surface area contributed by atoms with Crippen molar-refractivity contribution >= 4 is 0 Å². The molecule has 2 atom stereocenters. The highest BCUT2D eigenvalue weighted by molar-refractivity contribution is 5.33. The summed E-state index contributed by atoms with van der Waals surface area (Å²) in [7, 11) is 4.28. The number of nitrogens with two attached hydrogens (primary N) is 1. The van der Waals surface area contributed by atoms with Gasteiger partial charge in [0.05, 0.1) is 0 Å². The maximum Gasteiger partial charge on any atom is 0.0384 e. The van der Waals surface area contributed by atoms with Gasteiger partial charge in [0, 0.05) is 6.04 Å². The summed E-state index contributed by atoms with van der Waals surface area (Å²) in [6, 6.07) is 7.13. The molecule has 0 radical (unpaired) electrons. The van der Waals surface area contributed by atoms with Crippen molar-refractivity contribution in [2.45, 2.75) is 33.2 Å². The van der Waals surface area contributed by atoms with Crippen LogP contribution in [0.3, 0.4) is 0 Å². The topological polar surface area (TPSA) is 29.3 Å². The van der Waals surface area contributed by atoms with E-state index in [0.29, 0.717) is 12.0 Å². The van der Waals surface area contributed by atoms with Gasteiger partial charge in [-0.15, -0.1) is 0 Å². The minimum Gasteiger partial charge on any atom is -0.330 e. The maximum atomic E-state index is 5.91. The van der Waals surface area contributed by atoms with E-state index in [1.165, 1.54) is 16.7 Å². The second-order valence-corrected chi connectivity index (χ2v) is 5.17. The lowest BCUT2D eigenvalue weighted by molar-refractivity contribution is 0.210. The van der Waals surface area contributed by atoms with E-state index in [4.69, 9.17) is 5.73 Å². The molecule has 0 aromatic heterocycles. The van der Waals surface area contributed by atoms with E-state index < -0.39 is 0 Å². The summed E-state index contributed by atoms with van der Waals surface area (Å²) in [6.07, 6.45) is 1.12. The summed E-state index contributed by atoms with van der Waals surface area (Å²) in [4.78, 5) is 2.29. The molecule has 0 aliphatic heterocycles. The first-order chi connectivity index (χ1) is 8.01. The number of hydrogen-bond donors (Lipinski definition) is 1. The molecule has 0 spiro atoms. The molecule has 2 N–H and O–H groups in total. The summed E-state index contributed by atoms with van der Waals surface area (Å²) in [5.74, 6) is 0.520. The van der Waals surface area contributed by atoms with Crippen LogP contribution in [0.4, 0.5) is 0 Å². The quantitative estimate of drug-likeness (QED) is 0.849. The van der Waals surface area contributed by atoms with Gasteiger partial charge in [-0.05, 0) is 51.5 Å². The van der Waals surface area contributed by atoms with E-state index in [1.54, 1.807) is 0 Å². The maximum absolute atomic E-state index is 5.91. The van der Waals surface area contributed by atoms with Gasteiger partial charge in [0.2, 0.25) is 0 Å². The Balaban J connectivity index is 3.13. The van der Waals surface area contributed by atoms with Crippen molar-refractivity contribution in [1.82, 2.24) is 4.90 Å². The lowest BCUT2D eigenvalue weighted by Gasteiger charge is -2.32. The average Bonchev–Trinajstić information content (AvgIpc) is 2.26. The van der Waals surface area contributed by atoms with E-state index in [1.807, 2.05) is 0 Å². The molecule has 0 fully saturated rings. The number of nitrogens with zero attached hydrogens (tertiary/aromatic N) is 1. The van der Waals surface area contributed by atoms with E-state index in [0.717, 1.165) is 13.0 Å². The van der Waals surface area contributed by atoms with Gasteiger partial charge in [0.25, 0.3) is 0 Å². The van der Waals surface area contributed by atoms with Crippen LogP contribution in [0.1, 0.15) is 36.1 Å². The Kier molecular flexibility index (Phi) is 5.16. The highest BCUT2D eigenvalue weighted by Crippen LogP contribution is 2.31. The van der Waals surface area contributed by atoms with Gasteiger partial charge in [-0.3, -0.25) is 0 Å². The van der Waals surface area contributed by atoms with Gasteiger partial charge >= 0.3 is 0 Å². The number of benzene rings is 1. The standard InChI is InChI=1S/C15H26N2/c1-6-13(10-16)15(17(4)5)14-8-7-11(2)9-12(14)3/h7-9,13,15H,6,10,16H2,1-5H3. The van der Waals surface area contributed by atoms with Gasteiger partial charge in [0.1, 0.15) is 0 Å². The largest absolute Gasteiger partial charge is 0.330 e. The molecule has 0 heterocycles. The van der Waals surface area contributed by atoms with Crippen molar-refractivity contribution in [3.8, 4) is 0 Å². The van der Waals surface area contributed by atoms with Crippen LogP contribution in [0.5, 0.6) is 0 Å². The molecule has 0 aliphatic rings. The van der Waals surface area contributed by atoms with Crippen LogP contribution < -0.4 is 5.73 Å². The summed E-state index contributed by atoms with van der Waals surface area (Å²) in [5.41, 5.74) is 10.0. The molecule has 17 heavy (non-hydrogen) atoms. The van der Waals surface area contributed by atoms with E-state index in [9.17, 15) is 0 Å². The molecule has 0 aliphatic carbocycles. The average molecular weight is 234 g/mol. The highest BCUT2D eigenvalue weighted by Gasteiger charge is 2.23. The predicted molar refractivity (Wildman–Crippen MR) is 75.2 cm³/mol. The molecular weight excluding hydrogens is 208 g/mol. The third kappa shape index (κ3) is 3.30. The first-order valence-corrected chi connectivity index (χ1v) is 6.44. The Morgan fingerprint density at radius 2 is 1.88 bits per heavy atom. The molecule has 2 heteroatoms. The van der Waals surface area contributed by atoms with Crippen LogP contribution in [0.15, 0.2) is 18.2 Å². The summed E-state index contributed by atoms with van der Waals surface area (Å²) >= 11 is 0. The van der Waals surface area contributed by atoms with Crippen molar-refractivity contribution in [3.05, 3.63) is 34.9 Å². The van der Waals surface area contributed by atoms with Gasteiger partial charge < -0.3 is 10.6 Å². The number of aryl methyl sites for hydroxylation is 2. The first kappa shape index (κ1) is 14.2. The predicted octanol–water partition coefficient (Wildman–Crippen LogP) is 2.89. The van der Waals surface area contributed by atoms with E-state index >= 15 is 0 Å². The molecule has 2 nitrogen and oxygen atoms in total. The van der Waals surface area contributed by atoms with Gasteiger partial charge in [-0.1, -0.05) is 37.1 Å². The van der Waals surface area contributed by atoms with Crippen LogP contribution in [-0.2, 0) is 0 Å². The van der Waals surface area contributed by atoms with Gasteiger partial charge in [0.15, 0.2) is 0 Å². The fraction of sp³-hybridized carbons (Fsp3) is 0.600. The monoisotopic (exact) mass is 234 g/mol. The fourth-order valence-electron chi connectivity index (χ4n) is 2.63. The normalized spacial score (nSPS) is 15.0. The fourth-order valence-corrected chi connectivity index (χ4v) is 2.63. The third-order valence-electron chi connectivity index (χ3n) is 3.57. The van der Waals surface area contributed by atoms with Crippen molar-refractivity contribution < 1.29 is 0 Å². The number of hydrogen-bond acceptors (Lipinski definition) is 2. The van der Waals surface area contributed by atoms with Crippen LogP contribution in [0, 0.1) is 19.8 Å². The van der Waals surface area contributed by atoms with Crippen molar-refractivity contribution in [3.63, 3.8) is 0 Å². The van der Waals surface area contributed by atoms with Crippen LogP contribution >= 0.6 is 0 Å². The van der Waals surface area contributed by atoms with Crippen molar-refractivity contribution in [2.75, 3.05) is 20.6 Å². The summed E-state index contributed by atoms with van der Waals surface area (Å²) < 4.78 is 0. The zero-order chi connectivity index (χ0) is 13.0. The Bertz CT molecular complexity index is 354. The molecule has 0 saturated heterocycles. The van der Waals surface area contributed by atoms with Gasteiger partial charge in [-0.2, -0.15) is 0 Å². The SMILES string of the molecule is CCC(CN)C(c1ccc(C)cc1C)N(C)C. The molecular formula is C15H26N2. The second-order valence-electron chi connectivity index (χ2n) is 5.17. The minimum atomic E-state index is 0.422. The molecule has 2 unspecified atom stereocenters. The Labute approximate surface area is 106 Å².